The molecule has 0 saturated carbocycles. The highest BCUT2D eigenvalue weighted by Gasteiger charge is 1.92. The predicted octanol–water partition coefficient (Wildman–Crippen LogP) is 9.01. The SMILES string of the molecule is [CH]=CC=CC=CC=CC=CC=CC=CCCCCCCCCCCCCC. The van der Waals surface area contributed by atoms with E-state index in [2.05, 4.69) is 31.2 Å². The molecule has 0 aliphatic rings. The molecular weight excluding hydrogens is 324 g/mol. The minimum absolute atomic E-state index is 1.20. The van der Waals surface area contributed by atoms with Crippen molar-refractivity contribution in [2.75, 3.05) is 0 Å². The van der Waals surface area contributed by atoms with E-state index >= 15 is 0 Å². The van der Waals surface area contributed by atoms with Crippen LogP contribution >= 0.6 is 0 Å². The van der Waals surface area contributed by atoms with Crippen LogP contribution in [0.1, 0.15) is 84.0 Å². The van der Waals surface area contributed by atoms with E-state index in [1.54, 1.807) is 6.08 Å². The molecule has 27 heavy (non-hydrogen) atoms. The molecule has 0 N–H and O–H groups in total. The van der Waals surface area contributed by atoms with Crippen molar-refractivity contribution in [3.8, 4) is 0 Å². The van der Waals surface area contributed by atoms with Crippen LogP contribution in [-0.2, 0) is 0 Å². The third-order valence-corrected chi connectivity index (χ3v) is 4.33. The van der Waals surface area contributed by atoms with E-state index in [0.717, 1.165) is 0 Å². The first-order valence-electron chi connectivity index (χ1n) is 10.9. The first-order chi connectivity index (χ1) is 13.4. The number of hydrogen-bond acceptors (Lipinski definition) is 0. The molecule has 0 heterocycles. The molecule has 0 aromatic heterocycles. The molecule has 0 unspecified atom stereocenters. The van der Waals surface area contributed by atoms with Crippen LogP contribution in [0.2, 0.25) is 0 Å². The molecular formula is C27H41. The number of rotatable bonds is 18. The van der Waals surface area contributed by atoms with Gasteiger partial charge in [-0.3, -0.25) is 0 Å². The second-order valence-electron chi connectivity index (χ2n) is 6.87. The van der Waals surface area contributed by atoms with Gasteiger partial charge in [0.1, 0.15) is 0 Å². The summed E-state index contributed by atoms with van der Waals surface area (Å²) in [5, 5.41) is 0. The normalized spacial score (nSPS) is 12.9. The zero-order chi connectivity index (χ0) is 19.7. The van der Waals surface area contributed by atoms with Gasteiger partial charge >= 0.3 is 0 Å². The Morgan fingerprint density at radius 1 is 0.444 bits per heavy atom. The fourth-order valence-electron chi connectivity index (χ4n) is 2.74. The molecule has 0 saturated heterocycles. The van der Waals surface area contributed by atoms with E-state index in [-0.39, 0.29) is 0 Å². The maximum Gasteiger partial charge on any atom is -0.0348 e. The van der Waals surface area contributed by atoms with Gasteiger partial charge in [0.2, 0.25) is 0 Å². The average molecular weight is 366 g/mol. The maximum absolute atomic E-state index is 5.23. The molecule has 0 aromatic rings. The van der Waals surface area contributed by atoms with Crippen LogP contribution in [0.5, 0.6) is 0 Å². The zero-order valence-electron chi connectivity index (χ0n) is 17.6. The fraction of sp³-hybridized carbons (Fsp3) is 0.481. The maximum atomic E-state index is 5.23. The van der Waals surface area contributed by atoms with Gasteiger partial charge in [0.05, 0.1) is 0 Å². The van der Waals surface area contributed by atoms with Gasteiger partial charge in [-0.05, 0) is 12.8 Å². The molecule has 0 heteroatoms. The second kappa shape index (κ2) is 24.2. The van der Waals surface area contributed by atoms with Crippen molar-refractivity contribution in [3.05, 3.63) is 85.6 Å². The molecule has 0 bridgehead atoms. The van der Waals surface area contributed by atoms with Crippen molar-refractivity contribution in [1.82, 2.24) is 0 Å². The van der Waals surface area contributed by atoms with Crippen molar-refractivity contribution in [2.24, 2.45) is 0 Å². The minimum atomic E-state index is 1.20. The van der Waals surface area contributed by atoms with Crippen molar-refractivity contribution in [1.29, 1.82) is 0 Å². The average Bonchev–Trinajstić information content (AvgIpc) is 2.68. The lowest BCUT2D eigenvalue weighted by atomic mass is 10.1. The molecule has 0 atom stereocenters. The van der Waals surface area contributed by atoms with E-state index in [1.165, 1.54) is 83.1 Å². The lowest BCUT2D eigenvalue weighted by Crippen LogP contribution is -1.81. The molecule has 0 spiro atoms. The summed E-state index contributed by atoms with van der Waals surface area (Å²) in [6.45, 7) is 7.52. The summed E-state index contributed by atoms with van der Waals surface area (Å²) in [7, 11) is 0. The smallest absolute Gasteiger partial charge is 0.0348 e. The van der Waals surface area contributed by atoms with Gasteiger partial charge in [0, 0.05) is 0 Å². The number of allylic oxidation sites excluding steroid dienone is 13. The quantitative estimate of drug-likeness (QED) is 0.168. The Kier molecular flexibility index (Phi) is 22.6. The van der Waals surface area contributed by atoms with Crippen LogP contribution in [-0.4, -0.2) is 0 Å². The molecule has 149 valence electrons. The van der Waals surface area contributed by atoms with E-state index in [0.29, 0.717) is 0 Å². The highest BCUT2D eigenvalue weighted by Crippen LogP contribution is 2.11. The summed E-state index contributed by atoms with van der Waals surface area (Å²) in [5.41, 5.74) is 0. The standard InChI is InChI=1S/C27H41/c1-3-5-7-9-11-13-15-17-19-21-23-25-27-26-24-22-20-18-16-14-12-10-8-6-4-2/h1,3,5,7,9,11,13,15,17,19,21,23,25,27H,4,6,8,10,12,14,16,18,20,22,24,26H2,2H3. The van der Waals surface area contributed by atoms with Crippen LogP contribution in [0.4, 0.5) is 0 Å². The summed E-state index contributed by atoms with van der Waals surface area (Å²) in [5.74, 6) is 0. The van der Waals surface area contributed by atoms with Crippen LogP contribution in [0.15, 0.2) is 79.0 Å². The fourth-order valence-corrected chi connectivity index (χ4v) is 2.74. The molecule has 0 rings (SSSR count). The van der Waals surface area contributed by atoms with E-state index in [4.69, 9.17) is 6.58 Å². The Bertz CT molecular complexity index is 468. The lowest BCUT2D eigenvalue weighted by molar-refractivity contribution is 0.550. The molecule has 0 amide bonds. The van der Waals surface area contributed by atoms with Crippen LogP contribution in [0.3, 0.4) is 0 Å². The Hall–Kier alpha value is -1.82. The summed E-state index contributed by atoms with van der Waals surface area (Å²) < 4.78 is 0. The zero-order valence-corrected chi connectivity index (χ0v) is 17.6. The van der Waals surface area contributed by atoms with E-state index in [9.17, 15) is 0 Å². The molecule has 0 aromatic carbocycles. The summed E-state index contributed by atoms with van der Waals surface area (Å²) in [6, 6.07) is 0. The monoisotopic (exact) mass is 365 g/mol. The molecule has 1 radical (unpaired) electrons. The van der Waals surface area contributed by atoms with Gasteiger partial charge in [0.15, 0.2) is 0 Å². The van der Waals surface area contributed by atoms with Gasteiger partial charge < -0.3 is 0 Å². The lowest BCUT2D eigenvalue weighted by Gasteiger charge is -2.01. The second-order valence-corrected chi connectivity index (χ2v) is 6.87. The van der Waals surface area contributed by atoms with Gasteiger partial charge in [-0.1, -0.05) is 157 Å². The molecule has 0 aliphatic heterocycles. The third kappa shape index (κ3) is 24.2. The predicted molar refractivity (Wildman–Crippen MR) is 125 cm³/mol. The van der Waals surface area contributed by atoms with Gasteiger partial charge in [-0.2, -0.15) is 0 Å². The molecule has 0 nitrogen and oxygen atoms in total. The van der Waals surface area contributed by atoms with Gasteiger partial charge in [0.25, 0.3) is 0 Å². The van der Waals surface area contributed by atoms with Crippen LogP contribution in [0.25, 0.3) is 0 Å². The number of hydrogen-bond donors (Lipinski definition) is 0. The van der Waals surface area contributed by atoms with Crippen molar-refractivity contribution in [3.63, 3.8) is 0 Å². The Balaban J connectivity index is 3.41. The summed E-state index contributed by atoms with van der Waals surface area (Å²) >= 11 is 0. The Morgan fingerprint density at radius 2 is 0.815 bits per heavy atom. The largest absolute Gasteiger partial charge is 0.0845 e. The highest BCUT2D eigenvalue weighted by atomic mass is 14.0. The first-order valence-corrected chi connectivity index (χ1v) is 10.9. The van der Waals surface area contributed by atoms with Gasteiger partial charge in [-0.15, -0.1) is 0 Å². The minimum Gasteiger partial charge on any atom is -0.0845 e. The third-order valence-electron chi connectivity index (χ3n) is 4.33. The van der Waals surface area contributed by atoms with E-state index < -0.39 is 0 Å². The van der Waals surface area contributed by atoms with Crippen molar-refractivity contribution >= 4 is 0 Å². The summed E-state index contributed by atoms with van der Waals surface area (Å²) in [6.07, 6.45) is 42.5. The van der Waals surface area contributed by atoms with Gasteiger partial charge in [-0.25, -0.2) is 0 Å². The van der Waals surface area contributed by atoms with Crippen molar-refractivity contribution < 1.29 is 0 Å². The van der Waals surface area contributed by atoms with Crippen molar-refractivity contribution in [2.45, 2.75) is 84.0 Å². The number of unbranched alkanes of at least 4 members (excludes halogenated alkanes) is 11. The Labute approximate surface area is 169 Å². The first kappa shape index (κ1) is 25.2. The Morgan fingerprint density at radius 3 is 1.26 bits per heavy atom. The molecule has 0 fully saturated rings. The highest BCUT2D eigenvalue weighted by molar-refractivity contribution is 5.20. The topological polar surface area (TPSA) is 0 Å². The van der Waals surface area contributed by atoms with E-state index in [1.807, 2.05) is 42.5 Å². The molecule has 0 aliphatic carbocycles. The van der Waals surface area contributed by atoms with Crippen LogP contribution in [0, 0.1) is 6.58 Å². The van der Waals surface area contributed by atoms with Crippen LogP contribution < -0.4 is 0 Å². The summed E-state index contributed by atoms with van der Waals surface area (Å²) in [4.78, 5) is 0.